The highest BCUT2D eigenvalue weighted by Crippen LogP contribution is 1.99. The molecule has 0 radical (unpaired) electrons. The molecule has 0 saturated heterocycles. The van der Waals surface area contributed by atoms with Crippen LogP contribution < -0.4 is 0 Å². The van der Waals surface area contributed by atoms with E-state index in [4.69, 9.17) is 19.3 Å². The minimum Gasteiger partial charge on any atom is -0.394 e. The number of hydrogen-bond donors (Lipinski definition) is 1. The quantitative estimate of drug-likeness (QED) is 0.431. The number of nitrogens with zero attached hydrogens (tertiary/aromatic N) is 1. The molecule has 0 aliphatic carbocycles. The van der Waals surface area contributed by atoms with Gasteiger partial charge in [-0.2, -0.15) is 11.8 Å². The molecule has 0 bridgehead atoms. The van der Waals surface area contributed by atoms with Crippen molar-refractivity contribution in [3.05, 3.63) is 0 Å². The molecule has 0 spiro atoms. The number of rotatable bonds is 16. The van der Waals surface area contributed by atoms with Crippen LogP contribution in [-0.4, -0.2) is 88.4 Å². The van der Waals surface area contributed by atoms with Crippen molar-refractivity contribution >= 4 is 11.8 Å². The Balaban J connectivity index is 2.92. The third-order valence-electron chi connectivity index (χ3n) is 2.50. The summed E-state index contributed by atoms with van der Waals surface area (Å²) in [6.45, 7) is 5.30. The van der Waals surface area contributed by atoms with Gasteiger partial charge in [-0.15, -0.1) is 0 Å². The summed E-state index contributed by atoms with van der Waals surface area (Å²) in [7, 11) is 4.18. The van der Waals surface area contributed by atoms with E-state index in [1.165, 1.54) is 6.42 Å². The molecule has 122 valence electrons. The molecule has 20 heavy (non-hydrogen) atoms. The summed E-state index contributed by atoms with van der Waals surface area (Å²) in [5.74, 6) is 1.93. The SMILES string of the molecule is CN(C)CCCCOCCOCCSCCOCCO. The highest BCUT2D eigenvalue weighted by Gasteiger charge is 1.94. The van der Waals surface area contributed by atoms with E-state index in [0.29, 0.717) is 26.4 Å². The Morgan fingerprint density at radius 2 is 1.40 bits per heavy atom. The fraction of sp³-hybridized carbons (Fsp3) is 1.00. The molecule has 0 heterocycles. The van der Waals surface area contributed by atoms with Gasteiger partial charge < -0.3 is 24.2 Å². The largest absolute Gasteiger partial charge is 0.394 e. The monoisotopic (exact) mass is 309 g/mol. The van der Waals surface area contributed by atoms with E-state index >= 15 is 0 Å². The van der Waals surface area contributed by atoms with Crippen molar-refractivity contribution in [1.29, 1.82) is 0 Å². The van der Waals surface area contributed by atoms with E-state index in [0.717, 1.165) is 37.7 Å². The second-order valence-corrected chi connectivity index (χ2v) is 5.91. The van der Waals surface area contributed by atoms with Crippen LogP contribution in [0.25, 0.3) is 0 Å². The second-order valence-electron chi connectivity index (χ2n) is 4.68. The summed E-state index contributed by atoms with van der Waals surface area (Å²) in [5, 5.41) is 8.52. The zero-order valence-corrected chi connectivity index (χ0v) is 13.8. The summed E-state index contributed by atoms with van der Waals surface area (Å²) in [6, 6.07) is 0. The van der Waals surface area contributed by atoms with E-state index < -0.39 is 0 Å². The third kappa shape index (κ3) is 18.1. The molecule has 0 aromatic carbocycles. The van der Waals surface area contributed by atoms with Gasteiger partial charge in [-0.1, -0.05) is 0 Å². The van der Waals surface area contributed by atoms with E-state index in [2.05, 4.69) is 19.0 Å². The molecule has 0 rings (SSSR count). The molecule has 0 fully saturated rings. The van der Waals surface area contributed by atoms with Gasteiger partial charge >= 0.3 is 0 Å². The Labute approximate surface area is 128 Å². The molecular formula is C14H31NO4S. The molecule has 0 aromatic rings. The van der Waals surface area contributed by atoms with Gasteiger partial charge in [0.05, 0.1) is 39.6 Å². The van der Waals surface area contributed by atoms with Crippen molar-refractivity contribution in [3.8, 4) is 0 Å². The zero-order valence-electron chi connectivity index (χ0n) is 13.0. The first-order valence-electron chi connectivity index (χ1n) is 7.34. The predicted octanol–water partition coefficient (Wildman–Crippen LogP) is 1.10. The van der Waals surface area contributed by atoms with Crippen LogP contribution in [0.2, 0.25) is 0 Å². The summed E-state index contributed by atoms with van der Waals surface area (Å²) < 4.78 is 16.1. The lowest BCUT2D eigenvalue weighted by atomic mass is 10.3. The lowest BCUT2D eigenvalue weighted by Gasteiger charge is -2.09. The molecule has 0 saturated carbocycles. The van der Waals surface area contributed by atoms with Crippen molar-refractivity contribution < 1.29 is 19.3 Å². The standard InChI is InChI=1S/C14H31NO4S/c1-15(2)5-3-4-7-17-9-10-19-12-14-20-13-11-18-8-6-16/h16H,3-14H2,1-2H3. The number of aliphatic hydroxyl groups is 1. The molecule has 0 aliphatic heterocycles. The minimum absolute atomic E-state index is 0.100. The van der Waals surface area contributed by atoms with Crippen molar-refractivity contribution in [2.45, 2.75) is 12.8 Å². The van der Waals surface area contributed by atoms with Crippen LogP contribution in [0.5, 0.6) is 0 Å². The van der Waals surface area contributed by atoms with Gasteiger partial charge in [-0.05, 0) is 33.5 Å². The van der Waals surface area contributed by atoms with E-state index in [1.807, 2.05) is 0 Å². The predicted molar refractivity (Wildman–Crippen MR) is 84.7 cm³/mol. The van der Waals surface area contributed by atoms with Crippen LogP contribution >= 0.6 is 11.8 Å². The van der Waals surface area contributed by atoms with Gasteiger partial charge in [0.25, 0.3) is 0 Å². The molecule has 0 amide bonds. The molecule has 0 aliphatic rings. The number of unbranched alkanes of at least 4 members (excludes halogenated alkanes) is 1. The second kappa shape index (κ2) is 17.2. The minimum atomic E-state index is 0.100. The Hall–Kier alpha value is 0.150. The van der Waals surface area contributed by atoms with Gasteiger partial charge in [0, 0.05) is 18.1 Å². The average molecular weight is 309 g/mol. The van der Waals surface area contributed by atoms with E-state index in [1.54, 1.807) is 11.8 Å². The Bertz CT molecular complexity index is 185. The summed E-state index contributed by atoms with van der Waals surface area (Å²) in [6.07, 6.45) is 2.30. The number of thioether (sulfide) groups is 1. The maximum atomic E-state index is 8.52. The number of ether oxygens (including phenoxy) is 3. The number of aliphatic hydroxyl groups excluding tert-OH is 1. The maximum absolute atomic E-state index is 8.52. The van der Waals surface area contributed by atoms with Gasteiger partial charge in [0.15, 0.2) is 0 Å². The first-order chi connectivity index (χ1) is 9.77. The third-order valence-corrected chi connectivity index (χ3v) is 3.41. The van der Waals surface area contributed by atoms with Crippen LogP contribution in [0.4, 0.5) is 0 Å². The summed E-state index contributed by atoms with van der Waals surface area (Å²) >= 11 is 1.80. The fourth-order valence-electron chi connectivity index (χ4n) is 1.46. The number of hydrogen-bond acceptors (Lipinski definition) is 6. The fourth-order valence-corrected chi connectivity index (χ4v) is 2.13. The average Bonchev–Trinajstić information content (AvgIpc) is 2.43. The van der Waals surface area contributed by atoms with Crippen LogP contribution in [-0.2, 0) is 14.2 Å². The van der Waals surface area contributed by atoms with Gasteiger partial charge in [0.1, 0.15) is 0 Å². The summed E-state index contributed by atoms with van der Waals surface area (Å²) in [4.78, 5) is 2.19. The van der Waals surface area contributed by atoms with Crippen molar-refractivity contribution in [2.24, 2.45) is 0 Å². The lowest BCUT2D eigenvalue weighted by molar-refractivity contribution is 0.0519. The molecule has 0 aromatic heterocycles. The van der Waals surface area contributed by atoms with Gasteiger partial charge in [-0.25, -0.2) is 0 Å². The summed E-state index contributed by atoms with van der Waals surface area (Å²) in [5.41, 5.74) is 0. The normalized spacial score (nSPS) is 11.4. The molecule has 5 nitrogen and oxygen atoms in total. The van der Waals surface area contributed by atoms with E-state index in [9.17, 15) is 0 Å². The van der Waals surface area contributed by atoms with Gasteiger partial charge in [-0.3, -0.25) is 0 Å². The molecular weight excluding hydrogens is 278 g/mol. The topological polar surface area (TPSA) is 51.2 Å². The lowest BCUT2D eigenvalue weighted by Crippen LogP contribution is -2.14. The molecule has 0 atom stereocenters. The van der Waals surface area contributed by atoms with Crippen molar-refractivity contribution in [3.63, 3.8) is 0 Å². The van der Waals surface area contributed by atoms with Crippen molar-refractivity contribution in [2.75, 3.05) is 78.4 Å². The van der Waals surface area contributed by atoms with Crippen molar-refractivity contribution in [1.82, 2.24) is 4.90 Å². The molecule has 1 N–H and O–H groups in total. The van der Waals surface area contributed by atoms with Crippen LogP contribution in [0, 0.1) is 0 Å². The van der Waals surface area contributed by atoms with E-state index in [-0.39, 0.29) is 6.61 Å². The maximum Gasteiger partial charge on any atom is 0.0700 e. The first kappa shape index (κ1) is 20.1. The zero-order chi connectivity index (χ0) is 14.9. The van der Waals surface area contributed by atoms with Crippen LogP contribution in [0.15, 0.2) is 0 Å². The highest BCUT2D eigenvalue weighted by atomic mass is 32.2. The van der Waals surface area contributed by atoms with Crippen LogP contribution in [0.1, 0.15) is 12.8 Å². The highest BCUT2D eigenvalue weighted by molar-refractivity contribution is 7.99. The Kier molecular flexibility index (Phi) is 17.3. The first-order valence-corrected chi connectivity index (χ1v) is 8.49. The Morgan fingerprint density at radius 1 is 0.800 bits per heavy atom. The Morgan fingerprint density at radius 3 is 2.00 bits per heavy atom. The van der Waals surface area contributed by atoms with Gasteiger partial charge in [0.2, 0.25) is 0 Å². The van der Waals surface area contributed by atoms with Crippen LogP contribution in [0.3, 0.4) is 0 Å². The smallest absolute Gasteiger partial charge is 0.0700 e. The molecule has 6 heteroatoms. The molecule has 0 unspecified atom stereocenters.